The minimum absolute atomic E-state index is 0.113. The smallest absolute Gasteiger partial charge is 0.251 e. The van der Waals surface area contributed by atoms with E-state index in [4.69, 9.17) is 10.1 Å². The Labute approximate surface area is 186 Å². The van der Waals surface area contributed by atoms with Gasteiger partial charge in [-0.15, -0.1) is 11.8 Å². The van der Waals surface area contributed by atoms with Gasteiger partial charge in [-0.1, -0.05) is 37.3 Å². The molecule has 31 heavy (non-hydrogen) atoms. The number of nitrogens with zero attached hydrogens (tertiary/aromatic N) is 3. The lowest BCUT2D eigenvalue weighted by Gasteiger charge is -2.09. The summed E-state index contributed by atoms with van der Waals surface area (Å²) in [6.07, 6.45) is 1.09. The Balaban J connectivity index is 1.74. The van der Waals surface area contributed by atoms with E-state index in [0.717, 1.165) is 39.8 Å². The summed E-state index contributed by atoms with van der Waals surface area (Å²) in [4.78, 5) is 17.5. The first-order chi connectivity index (χ1) is 15.1. The zero-order valence-corrected chi connectivity index (χ0v) is 18.9. The number of carbonyl (C=O) groups is 1. The third kappa shape index (κ3) is 4.64. The summed E-state index contributed by atoms with van der Waals surface area (Å²) in [5.74, 6) is 0.898. The molecule has 0 atom stereocenters. The highest BCUT2D eigenvalue weighted by Gasteiger charge is 2.17. The quantitative estimate of drug-likeness (QED) is 0.396. The van der Waals surface area contributed by atoms with Crippen LogP contribution in [0.15, 0.2) is 65.7 Å². The summed E-state index contributed by atoms with van der Waals surface area (Å²) in [7, 11) is 0. The van der Waals surface area contributed by atoms with E-state index in [-0.39, 0.29) is 5.91 Å². The van der Waals surface area contributed by atoms with Crippen molar-refractivity contribution in [1.82, 2.24) is 19.9 Å². The molecule has 0 aliphatic heterocycles. The Morgan fingerprint density at radius 2 is 1.84 bits per heavy atom. The molecule has 4 aromatic rings. The maximum absolute atomic E-state index is 12.7. The lowest BCUT2D eigenvalue weighted by molar-refractivity contribution is 0.0950. The number of fused-ring (bicyclic) bond motifs is 1. The molecule has 2 heterocycles. The maximum Gasteiger partial charge on any atom is 0.251 e. The molecule has 0 saturated heterocycles. The van der Waals surface area contributed by atoms with Gasteiger partial charge in [-0.3, -0.25) is 4.79 Å². The molecule has 5 nitrogen and oxygen atoms in total. The van der Waals surface area contributed by atoms with E-state index in [1.54, 1.807) is 11.8 Å². The molecule has 158 valence electrons. The minimum Gasteiger partial charge on any atom is -0.346 e. The summed E-state index contributed by atoms with van der Waals surface area (Å²) in [5, 5.41) is 8.81. The lowest BCUT2D eigenvalue weighted by atomic mass is 10.0. The second-order valence-corrected chi connectivity index (χ2v) is 8.66. The topological polar surface area (TPSA) is 59.3 Å². The van der Waals surface area contributed by atoms with Crippen LogP contribution in [0, 0.1) is 13.8 Å². The highest BCUT2D eigenvalue weighted by Crippen LogP contribution is 2.27. The number of aryl methyl sites for hydroxylation is 2. The second-order valence-electron chi connectivity index (χ2n) is 7.54. The van der Waals surface area contributed by atoms with Crippen LogP contribution >= 0.6 is 11.8 Å². The van der Waals surface area contributed by atoms with E-state index in [9.17, 15) is 4.79 Å². The SMILES string of the molecule is CCCSc1ccc2nc(-c3ccc(C)c(C)c3)c(CNC(=O)c3ccccc3)n2n1. The van der Waals surface area contributed by atoms with Crippen molar-refractivity contribution < 1.29 is 4.79 Å². The van der Waals surface area contributed by atoms with Gasteiger partial charge in [-0.2, -0.15) is 5.10 Å². The Bertz CT molecular complexity index is 1220. The molecule has 2 aromatic carbocycles. The number of rotatable bonds is 7. The fraction of sp³-hybridized carbons (Fsp3) is 0.240. The van der Waals surface area contributed by atoms with E-state index in [0.29, 0.717) is 12.1 Å². The van der Waals surface area contributed by atoms with E-state index in [2.05, 4.69) is 44.3 Å². The number of imidazole rings is 1. The molecule has 0 spiro atoms. The van der Waals surface area contributed by atoms with E-state index < -0.39 is 0 Å². The summed E-state index contributed by atoms with van der Waals surface area (Å²) >= 11 is 1.73. The number of carbonyl (C=O) groups excluding carboxylic acids is 1. The van der Waals surface area contributed by atoms with Crippen molar-refractivity contribution in [2.24, 2.45) is 0 Å². The van der Waals surface area contributed by atoms with E-state index in [1.807, 2.05) is 47.0 Å². The molecule has 4 rings (SSSR count). The Morgan fingerprint density at radius 1 is 1.03 bits per heavy atom. The molecule has 0 bridgehead atoms. The van der Waals surface area contributed by atoms with Gasteiger partial charge in [-0.05, 0) is 67.5 Å². The molecule has 2 aromatic heterocycles. The highest BCUT2D eigenvalue weighted by atomic mass is 32.2. The number of hydrogen-bond donors (Lipinski definition) is 1. The first-order valence-corrected chi connectivity index (χ1v) is 11.5. The number of aromatic nitrogens is 3. The zero-order chi connectivity index (χ0) is 21.8. The predicted molar refractivity (Wildman–Crippen MR) is 127 cm³/mol. The molecule has 6 heteroatoms. The first-order valence-electron chi connectivity index (χ1n) is 10.5. The van der Waals surface area contributed by atoms with Crippen LogP contribution in [0.25, 0.3) is 16.9 Å². The molecule has 1 N–H and O–H groups in total. The molecule has 0 fully saturated rings. The third-order valence-corrected chi connectivity index (χ3v) is 6.36. The van der Waals surface area contributed by atoms with Gasteiger partial charge in [0.1, 0.15) is 5.03 Å². The Morgan fingerprint density at radius 3 is 2.58 bits per heavy atom. The van der Waals surface area contributed by atoms with Crippen molar-refractivity contribution in [1.29, 1.82) is 0 Å². The van der Waals surface area contributed by atoms with Crippen molar-refractivity contribution in [3.8, 4) is 11.3 Å². The van der Waals surface area contributed by atoms with Crippen LogP contribution in [-0.4, -0.2) is 26.3 Å². The largest absolute Gasteiger partial charge is 0.346 e. The van der Waals surface area contributed by atoms with Crippen LogP contribution in [0.5, 0.6) is 0 Å². The molecular weight excluding hydrogens is 404 g/mol. The summed E-state index contributed by atoms with van der Waals surface area (Å²) < 4.78 is 1.87. The van der Waals surface area contributed by atoms with Crippen molar-refractivity contribution in [2.75, 3.05) is 5.75 Å². The van der Waals surface area contributed by atoms with Gasteiger partial charge < -0.3 is 5.32 Å². The van der Waals surface area contributed by atoms with Crippen LogP contribution in [0.4, 0.5) is 0 Å². The third-order valence-electron chi connectivity index (χ3n) is 5.23. The van der Waals surface area contributed by atoms with Crippen LogP contribution in [0.1, 0.15) is 40.5 Å². The predicted octanol–water partition coefficient (Wildman–Crippen LogP) is 5.45. The fourth-order valence-electron chi connectivity index (χ4n) is 3.38. The van der Waals surface area contributed by atoms with Crippen molar-refractivity contribution in [3.63, 3.8) is 0 Å². The van der Waals surface area contributed by atoms with Crippen molar-refractivity contribution in [2.45, 2.75) is 38.8 Å². The molecule has 1 amide bonds. The number of amides is 1. The number of thioether (sulfide) groups is 1. The van der Waals surface area contributed by atoms with Crippen LogP contribution in [0.3, 0.4) is 0 Å². The van der Waals surface area contributed by atoms with Gasteiger partial charge in [-0.25, -0.2) is 9.50 Å². The highest BCUT2D eigenvalue weighted by molar-refractivity contribution is 7.99. The monoisotopic (exact) mass is 430 g/mol. The molecular formula is C25H26N4OS. The van der Waals surface area contributed by atoms with E-state index in [1.165, 1.54) is 11.1 Å². The zero-order valence-electron chi connectivity index (χ0n) is 18.1. The van der Waals surface area contributed by atoms with Crippen LogP contribution in [0.2, 0.25) is 0 Å². The van der Waals surface area contributed by atoms with Gasteiger partial charge in [0.25, 0.3) is 5.91 Å². The van der Waals surface area contributed by atoms with Gasteiger partial charge in [0.15, 0.2) is 5.65 Å². The average molecular weight is 431 g/mol. The molecule has 0 aliphatic rings. The maximum atomic E-state index is 12.7. The fourth-order valence-corrected chi connectivity index (χ4v) is 4.10. The van der Waals surface area contributed by atoms with Crippen LogP contribution < -0.4 is 5.32 Å². The normalized spacial score (nSPS) is 11.1. The molecule has 0 saturated carbocycles. The van der Waals surface area contributed by atoms with Crippen molar-refractivity contribution in [3.05, 3.63) is 83.0 Å². The number of hydrogen-bond acceptors (Lipinski definition) is 4. The van der Waals surface area contributed by atoms with Crippen molar-refractivity contribution >= 4 is 23.3 Å². The van der Waals surface area contributed by atoms with Gasteiger partial charge >= 0.3 is 0 Å². The molecule has 0 aliphatic carbocycles. The van der Waals surface area contributed by atoms with Crippen LogP contribution in [-0.2, 0) is 6.54 Å². The standard InChI is InChI=1S/C25H26N4OS/c1-4-14-31-23-13-12-22-27-24(20-11-10-17(2)18(3)15-20)21(29(22)28-23)16-26-25(30)19-8-6-5-7-9-19/h5-13,15H,4,14,16H2,1-3H3,(H,26,30). The molecule has 0 radical (unpaired) electrons. The van der Waals surface area contributed by atoms with Gasteiger partial charge in [0.05, 0.1) is 17.9 Å². The Kier molecular flexibility index (Phi) is 6.37. The summed E-state index contributed by atoms with van der Waals surface area (Å²) in [5.41, 5.74) is 6.61. The minimum atomic E-state index is -0.113. The summed E-state index contributed by atoms with van der Waals surface area (Å²) in [6, 6.07) is 19.6. The lowest BCUT2D eigenvalue weighted by Crippen LogP contribution is -2.24. The van der Waals surface area contributed by atoms with Gasteiger partial charge in [0.2, 0.25) is 0 Å². The average Bonchev–Trinajstić information content (AvgIpc) is 3.16. The number of nitrogens with one attached hydrogen (secondary N) is 1. The molecule has 0 unspecified atom stereocenters. The second kappa shape index (κ2) is 9.35. The van der Waals surface area contributed by atoms with E-state index >= 15 is 0 Å². The summed E-state index contributed by atoms with van der Waals surface area (Å²) in [6.45, 7) is 6.70. The Hall–Kier alpha value is -3.12. The first kappa shape index (κ1) is 21.1. The van der Waals surface area contributed by atoms with Gasteiger partial charge in [0, 0.05) is 11.1 Å². The number of benzene rings is 2.